The van der Waals surface area contributed by atoms with Crippen molar-refractivity contribution in [2.75, 3.05) is 39.8 Å². The Morgan fingerprint density at radius 2 is 1.70 bits per heavy atom. The van der Waals surface area contributed by atoms with Gasteiger partial charge in [0, 0.05) is 39.3 Å². The van der Waals surface area contributed by atoms with E-state index in [0.717, 1.165) is 18.7 Å². The highest BCUT2D eigenvalue weighted by Gasteiger charge is 2.34. The number of benzene rings is 1. The maximum Gasteiger partial charge on any atom is 0.265 e. The number of likely N-dealkylation sites (N-methyl/N-ethyl adjacent to an activating group) is 1. The summed E-state index contributed by atoms with van der Waals surface area (Å²) in [4.78, 5) is 17.4. The van der Waals surface area contributed by atoms with Crippen molar-refractivity contribution in [1.82, 2.24) is 14.1 Å². The smallest absolute Gasteiger partial charge is 0.265 e. The predicted molar refractivity (Wildman–Crippen MR) is 105 cm³/mol. The second-order valence-electron chi connectivity index (χ2n) is 7.07. The average molecular weight is 406 g/mol. The molecule has 3 heterocycles. The van der Waals surface area contributed by atoms with E-state index in [-0.39, 0.29) is 10.8 Å². The molecule has 0 radical (unpaired) electrons. The summed E-state index contributed by atoms with van der Waals surface area (Å²) in [5.41, 5.74) is 2.23. The fourth-order valence-corrected chi connectivity index (χ4v) is 6.40. The largest absolute Gasteiger partial charge is 0.335 e. The van der Waals surface area contributed by atoms with Gasteiger partial charge in [-0.3, -0.25) is 4.79 Å². The van der Waals surface area contributed by atoms with Crippen molar-refractivity contribution in [2.24, 2.45) is 0 Å². The quantitative estimate of drug-likeness (QED) is 0.782. The predicted octanol–water partition coefficient (Wildman–Crippen LogP) is 1.88. The van der Waals surface area contributed by atoms with Crippen LogP contribution in [-0.4, -0.2) is 68.2 Å². The van der Waals surface area contributed by atoms with Crippen LogP contribution in [0.5, 0.6) is 0 Å². The van der Waals surface area contributed by atoms with Crippen LogP contribution in [0, 0.1) is 0 Å². The van der Waals surface area contributed by atoms with E-state index in [2.05, 4.69) is 4.90 Å². The summed E-state index contributed by atoms with van der Waals surface area (Å²) >= 11 is 1.22. The molecule has 1 saturated heterocycles. The average Bonchev–Trinajstić information content (AvgIpc) is 3.18. The van der Waals surface area contributed by atoms with Crippen molar-refractivity contribution in [1.29, 1.82) is 0 Å². The number of hydrogen-bond donors (Lipinski definition) is 0. The van der Waals surface area contributed by atoms with Crippen LogP contribution in [0.15, 0.2) is 40.6 Å². The van der Waals surface area contributed by atoms with Crippen LogP contribution in [0.1, 0.15) is 20.8 Å². The van der Waals surface area contributed by atoms with Gasteiger partial charge in [0.05, 0.1) is 0 Å². The van der Waals surface area contributed by atoms with E-state index in [1.54, 1.807) is 16.3 Å². The van der Waals surface area contributed by atoms with E-state index < -0.39 is 10.0 Å². The molecule has 1 fully saturated rings. The van der Waals surface area contributed by atoms with Gasteiger partial charge in [0.15, 0.2) is 0 Å². The van der Waals surface area contributed by atoms with Crippen molar-refractivity contribution >= 4 is 27.3 Å². The monoisotopic (exact) mass is 405 g/mol. The van der Waals surface area contributed by atoms with Gasteiger partial charge in [0.25, 0.3) is 5.91 Å². The number of amides is 1. The molecule has 2 aromatic rings. The van der Waals surface area contributed by atoms with E-state index >= 15 is 0 Å². The summed E-state index contributed by atoms with van der Waals surface area (Å²) in [7, 11) is -1.68. The zero-order chi connectivity index (χ0) is 19.0. The van der Waals surface area contributed by atoms with E-state index in [9.17, 15) is 13.2 Å². The van der Waals surface area contributed by atoms with E-state index in [4.69, 9.17) is 0 Å². The molecule has 0 bridgehead atoms. The van der Waals surface area contributed by atoms with Crippen LogP contribution in [0.4, 0.5) is 0 Å². The van der Waals surface area contributed by atoms with Crippen LogP contribution in [-0.2, 0) is 23.0 Å². The Hall–Kier alpha value is -1.74. The molecular weight excluding hydrogens is 382 g/mol. The maximum atomic E-state index is 13.3. The first kappa shape index (κ1) is 18.6. The summed E-state index contributed by atoms with van der Waals surface area (Å²) < 4.78 is 28.0. The van der Waals surface area contributed by atoms with E-state index in [1.165, 1.54) is 21.2 Å². The SMILES string of the molecule is CN1CCN(C(=O)c2sccc2S(=O)(=O)N2CCc3ccccc3C2)CC1. The molecule has 0 spiro atoms. The summed E-state index contributed by atoms with van der Waals surface area (Å²) in [6, 6.07) is 9.51. The van der Waals surface area contributed by atoms with Crippen LogP contribution in [0.3, 0.4) is 0 Å². The fourth-order valence-electron chi connectivity index (χ4n) is 3.62. The molecule has 0 unspecified atom stereocenters. The van der Waals surface area contributed by atoms with Crippen LogP contribution in [0.25, 0.3) is 0 Å². The number of carbonyl (C=O) groups excluding carboxylic acids is 1. The lowest BCUT2D eigenvalue weighted by atomic mass is 10.0. The Morgan fingerprint density at radius 1 is 1.00 bits per heavy atom. The zero-order valence-electron chi connectivity index (χ0n) is 15.3. The number of thiophene rings is 1. The molecule has 0 atom stereocenters. The fraction of sp³-hybridized carbons (Fsp3) is 0.421. The molecule has 0 aliphatic carbocycles. The van der Waals surface area contributed by atoms with E-state index in [0.29, 0.717) is 37.5 Å². The molecule has 1 aromatic carbocycles. The number of nitrogens with zero attached hydrogens (tertiary/aromatic N) is 3. The van der Waals surface area contributed by atoms with Crippen LogP contribution < -0.4 is 0 Å². The molecule has 27 heavy (non-hydrogen) atoms. The molecule has 0 N–H and O–H groups in total. The first-order valence-electron chi connectivity index (χ1n) is 9.09. The third-order valence-electron chi connectivity index (χ3n) is 5.33. The van der Waals surface area contributed by atoms with Gasteiger partial charge in [-0.2, -0.15) is 4.31 Å². The van der Waals surface area contributed by atoms with Crippen LogP contribution >= 0.6 is 11.3 Å². The topological polar surface area (TPSA) is 60.9 Å². The number of sulfonamides is 1. The van der Waals surface area contributed by atoms with Gasteiger partial charge in [-0.15, -0.1) is 11.3 Å². The molecule has 2 aliphatic rings. The van der Waals surface area contributed by atoms with Gasteiger partial charge in [-0.25, -0.2) is 8.42 Å². The Labute approximate surface area is 164 Å². The Balaban J connectivity index is 1.59. The lowest BCUT2D eigenvalue weighted by Crippen LogP contribution is -2.47. The van der Waals surface area contributed by atoms with Crippen molar-refractivity contribution in [3.8, 4) is 0 Å². The van der Waals surface area contributed by atoms with Crippen molar-refractivity contribution in [3.63, 3.8) is 0 Å². The maximum absolute atomic E-state index is 13.3. The number of hydrogen-bond acceptors (Lipinski definition) is 5. The first-order chi connectivity index (χ1) is 13.0. The summed E-state index contributed by atoms with van der Waals surface area (Å²) in [5.74, 6) is -0.172. The van der Waals surface area contributed by atoms with Gasteiger partial charge in [-0.05, 0) is 36.0 Å². The second-order valence-corrected chi connectivity index (χ2v) is 9.89. The third-order valence-corrected chi connectivity index (χ3v) is 8.25. The van der Waals surface area contributed by atoms with Gasteiger partial charge in [0.2, 0.25) is 10.0 Å². The minimum atomic E-state index is -3.70. The van der Waals surface area contributed by atoms with Crippen molar-refractivity contribution in [2.45, 2.75) is 17.9 Å². The standard InChI is InChI=1S/C19H23N3O3S2/c1-20-9-11-21(12-10-20)19(23)18-17(7-13-26-18)27(24,25)22-8-6-15-4-2-3-5-16(15)14-22/h2-5,7,13H,6,8-12,14H2,1H3. The Morgan fingerprint density at radius 3 is 2.44 bits per heavy atom. The molecule has 6 nitrogen and oxygen atoms in total. The highest BCUT2D eigenvalue weighted by atomic mass is 32.2. The van der Waals surface area contributed by atoms with E-state index in [1.807, 2.05) is 31.3 Å². The van der Waals surface area contributed by atoms with Crippen molar-refractivity contribution < 1.29 is 13.2 Å². The molecule has 8 heteroatoms. The molecule has 4 rings (SSSR count). The molecular formula is C19H23N3O3S2. The molecule has 1 amide bonds. The normalized spacial score (nSPS) is 19.1. The van der Waals surface area contributed by atoms with Gasteiger partial charge >= 0.3 is 0 Å². The summed E-state index contributed by atoms with van der Waals surface area (Å²) in [5, 5.41) is 1.70. The number of fused-ring (bicyclic) bond motifs is 1. The third kappa shape index (κ3) is 3.54. The minimum absolute atomic E-state index is 0.149. The number of carbonyl (C=O) groups is 1. The zero-order valence-corrected chi connectivity index (χ0v) is 16.9. The lowest BCUT2D eigenvalue weighted by molar-refractivity contribution is 0.0665. The Kier molecular flexibility index (Phi) is 5.07. The number of rotatable bonds is 3. The Bertz CT molecular complexity index is 947. The molecule has 144 valence electrons. The summed E-state index contributed by atoms with van der Waals surface area (Å²) in [6.07, 6.45) is 0.696. The van der Waals surface area contributed by atoms with Crippen molar-refractivity contribution in [3.05, 3.63) is 51.7 Å². The van der Waals surface area contributed by atoms with Crippen LogP contribution in [0.2, 0.25) is 0 Å². The minimum Gasteiger partial charge on any atom is -0.335 e. The molecule has 0 saturated carbocycles. The molecule has 2 aliphatic heterocycles. The van der Waals surface area contributed by atoms with Gasteiger partial charge in [-0.1, -0.05) is 24.3 Å². The summed E-state index contributed by atoms with van der Waals surface area (Å²) in [6.45, 7) is 3.67. The lowest BCUT2D eigenvalue weighted by Gasteiger charge is -2.32. The number of piperazine rings is 1. The van der Waals surface area contributed by atoms with Gasteiger partial charge in [0.1, 0.15) is 9.77 Å². The molecule has 1 aromatic heterocycles. The first-order valence-corrected chi connectivity index (χ1v) is 11.4. The second kappa shape index (κ2) is 7.35. The highest BCUT2D eigenvalue weighted by molar-refractivity contribution is 7.89. The highest BCUT2D eigenvalue weighted by Crippen LogP contribution is 2.30. The van der Waals surface area contributed by atoms with Gasteiger partial charge < -0.3 is 9.80 Å².